The van der Waals surface area contributed by atoms with Crippen LogP contribution in [0.2, 0.25) is 0 Å². The van der Waals surface area contributed by atoms with Gasteiger partial charge in [0, 0.05) is 18.7 Å². The molecule has 0 radical (unpaired) electrons. The summed E-state index contributed by atoms with van der Waals surface area (Å²) in [5.41, 5.74) is -0.363. The Labute approximate surface area is 210 Å². The number of phenolic OH excluding ortho intramolecular Hbond substituents is 1. The molecule has 0 fully saturated rings. The van der Waals surface area contributed by atoms with Gasteiger partial charge in [-0.25, -0.2) is 4.79 Å². The molecule has 0 aliphatic heterocycles. The number of carbonyl (C=O) groups is 3. The van der Waals surface area contributed by atoms with Gasteiger partial charge in [0.1, 0.15) is 23.4 Å². The van der Waals surface area contributed by atoms with Gasteiger partial charge in [-0.2, -0.15) is 0 Å². The summed E-state index contributed by atoms with van der Waals surface area (Å²) >= 11 is 0. The summed E-state index contributed by atoms with van der Waals surface area (Å²) in [5, 5.41) is 16.3. The minimum absolute atomic E-state index is 0.0577. The van der Waals surface area contributed by atoms with Gasteiger partial charge in [-0.1, -0.05) is 65.2 Å². The van der Waals surface area contributed by atoms with Crippen molar-refractivity contribution in [2.45, 2.75) is 98.3 Å². The second-order valence-corrected chi connectivity index (χ2v) is 10.0. The maximum absolute atomic E-state index is 14.0. The van der Waals surface area contributed by atoms with Crippen LogP contribution in [-0.2, 0) is 14.3 Å². The van der Waals surface area contributed by atoms with Gasteiger partial charge in [-0.3, -0.25) is 9.59 Å². The summed E-state index contributed by atoms with van der Waals surface area (Å²) in [5.74, 6) is -0.993. The number of unbranched alkanes of at least 4 members (excludes halogenated alkanes) is 2. The van der Waals surface area contributed by atoms with Gasteiger partial charge in [0.15, 0.2) is 0 Å². The number of nitrogens with one attached hydrogen (secondary N) is 2. The molecule has 0 spiro atoms. The van der Waals surface area contributed by atoms with Crippen LogP contribution in [0.25, 0.3) is 0 Å². The molecule has 1 aromatic rings. The minimum atomic E-state index is -1.03. The van der Waals surface area contributed by atoms with Gasteiger partial charge in [0.05, 0.1) is 0 Å². The highest BCUT2D eigenvalue weighted by Gasteiger charge is 2.38. The van der Waals surface area contributed by atoms with Crippen molar-refractivity contribution in [1.29, 1.82) is 0 Å². The molecule has 198 valence electrons. The zero-order chi connectivity index (χ0) is 26.6. The number of alkyl carbamates (subject to hydrolysis) is 1. The van der Waals surface area contributed by atoms with Crippen LogP contribution in [0.3, 0.4) is 0 Å². The molecule has 0 aromatic heterocycles. The molecule has 1 aromatic carbocycles. The second-order valence-electron chi connectivity index (χ2n) is 10.0. The van der Waals surface area contributed by atoms with E-state index in [4.69, 9.17) is 4.74 Å². The average Bonchev–Trinajstić information content (AvgIpc) is 2.79. The van der Waals surface area contributed by atoms with Crippen LogP contribution in [0.1, 0.15) is 92.2 Å². The predicted octanol–water partition coefficient (Wildman–Crippen LogP) is 4.92. The van der Waals surface area contributed by atoms with Crippen molar-refractivity contribution in [2.75, 3.05) is 13.1 Å². The van der Waals surface area contributed by atoms with Gasteiger partial charge in [0.2, 0.25) is 11.8 Å². The van der Waals surface area contributed by atoms with Crippen LogP contribution in [0.15, 0.2) is 24.3 Å². The van der Waals surface area contributed by atoms with E-state index in [2.05, 4.69) is 10.6 Å². The molecule has 3 N–H and O–H groups in total. The van der Waals surface area contributed by atoms with Crippen LogP contribution in [0, 0.1) is 5.92 Å². The van der Waals surface area contributed by atoms with Crippen molar-refractivity contribution in [2.24, 2.45) is 5.92 Å². The van der Waals surface area contributed by atoms with Crippen LogP contribution in [0.4, 0.5) is 4.79 Å². The Balaban J connectivity index is 3.46. The highest BCUT2D eigenvalue weighted by molar-refractivity contribution is 5.92. The molecule has 8 heteroatoms. The standard InChI is InChI=1S/C27H45N3O5/c1-8-11-17-28-24(32)23(20-15-13-14-16-21(20)31)30(18-12-9-2)25(33)22(19(4)10-3)29-26(34)35-27(5,6)7/h13-16,19,22-23,31H,8-12,17-18H2,1-7H3,(H,28,32)(H,29,34). The van der Waals surface area contributed by atoms with E-state index in [1.807, 2.05) is 27.7 Å². The third-order valence-electron chi connectivity index (χ3n) is 5.81. The summed E-state index contributed by atoms with van der Waals surface area (Å²) in [7, 11) is 0. The molecule has 0 saturated carbocycles. The van der Waals surface area contributed by atoms with Crippen LogP contribution in [-0.4, -0.2) is 52.6 Å². The van der Waals surface area contributed by atoms with Crippen molar-refractivity contribution in [3.63, 3.8) is 0 Å². The number of amides is 3. The van der Waals surface area contributed by atoms with Gasteiger partial charge in [-0.15, -0.1) is 0 Å². The molecular weight excluding hydrogens is 446 g/mol. The van der Waals surface area contributed by atoms with E-state index in [1.54, 1.807) is 39.0 Å². The molecule has 3 atom stereocenters. The first-order valence-corrected chi connectivity index (χ1v) is 12.8. The predicted molar refractivity (Wildman–Crippen MR) is 138 cm³/mol. The first-order chi connectivity index (χ1) is 16.5. The molecule has 8 nitrogen and oxygen atoms in total. The Hall–Kier alpha value is -2.77. The highest BCUT2D eigenvalue weighted by atomic mass is 16.6. The number of carbonyl (C=O) groups excluding carboxylic acids is 3. The molecule has 35 heavy (non-hydrogen) atoms. The van der Waals surface area contributed by atoms with E-state index in [1.165, 1.54) is 11.0 Å². The first-order valence-electron chi connectivity index (χ1n) is 12.8. The van der Waals surface area contributed by atoms with Gasteiger partial charge >= 0.3 is 6.09 Å². The lowest BCUT2D eigenvalue weighted by atomic mass is 9.95. The topological polar surface area (TPSA) is 108 Å². The smallest absolute Gasteiger partial charge is 0.408 e. The molecule has 3 amide bonds. The average molecular weight is 492 g/mol. The minimum Gasteiger partial charge on any atom is -0.508 e. The quantitative estimate of drug-likeness (QED) is 0.340. The van der Waals surface area contributed by atoms with Gasteiger partial charge in [0.25, 0.3) is 0 Å². The number of phenols is 1. The molecule has 0 aliphatic carbocycles. The van der Waals surface area contributed by atoms with E-state index in [9.17, 15) is 19.5 Å². The third kappa shape index (κ3) is 9.78. The fourth-order valence-corrected chi connectivity index (χ4v) is 3.65. The zero-order valence-corrected chi connectivity index (χ0v) is 22.5. The monoisotopic (exact) mass is 491 g/mol. The zero-order valence-electron chi connectivity index (χ0n) is 22.5. The summed E-state index contributed by atoms with van der Waals surface area (Å²) in [6.07, 6.45) is 3.14. The Morgan fingerprint density at radius 3 is 2.23 bits per heavy atom. The van der Waals surface area contributed by atoms with Crippen molar-refractivity contribution in [1.82, 2.24) is 15.5 Å². The van der Waals surface area contributed by atoms with Crippen molar-refractivity contribution in [3.8, 4) is 5.75 Å². The number of nitrogens with zero attached hydrogens (tertiary/aromatic N) is 1. The van der Waals surface area contributed by atoms with Crippen LogP contribution < -0.4 is 10.6 Å². The number of para-hydroxylation sites is 1. The molecular formula is C27H45N3O5. The second kappa shape index (κ2) is 14.6. The van der Waals surface area contributed by atoms with Crippen molar-refractivity contribution >= 4 is 17.9 Å². The molecule has 0 aliphatic rings. The molecule has 3 unspecified atom stereocenters. The summed E-state index contributed by atoms with van der Waals surface area (Å²) in [6, 6.07) is 4.66. The highest BCUT2D eigenvalue weighted by Crippen LogP contribution is 2.31. The van der Waals surface area contributed by atoms with E-state index < -0.39 is 23.8 Å². The maximum Gasteiger partial charge on any atom is 0.408 e. The van der Waals surface area contributed by atoms with Crippen molar-refractivity contribution < 1.29 is 24.2 Å². The number of hydrogen-bond donors (Lipinski definition) is 3. The lowest BCUT2D eigenvalue weighted by molar-refractivity contribution is -0.143. The Morgan fingerprint density at radius 2 is 1.69 bits per heavy atom. The Morgan fingerprint density at radius 1 is 1.06 bits per heavy atom. The van der Waals surface area contributed by atoms with Crippen LogP contribution in [0.5, 0.6) is 5.75 Å². The Bertz CT molecular complexity index is 821. The van der Waals surface area contributed by atoms with Gasteiger partial charge < -0.3 is 25.4 Å². The summed E-state index contributed by atoms with van der Waals surface area (Å²) in [6.45, 7) is 13.9. The lowest BCUT2D eigenvalue weighted by Gasteiger charge is -2.36. The molecule has 1 rings (SSSR count). The van der Waals surface area contributed by atoms with E-state index in [0.29, 0.717) is 31.5 Å². The number of hydrogen-bond acceptors (Lipinski definition) is 5. The Kier molecular flexibility index (Phi) is 12.6. The normalized spacial score (nSPS) is 13.9. The summed E-state index contributed by atoms with van der Waals surface area (Å²) < 4.78 is 5.41. The fourth-order valence-electron chi connectivity index (χ4n) is 3.65. The molecule has 0 bridgehead atoms. The van der Waals surface area contributed by atoms with Crippen LogP contribution >= 0.6 is 0 Å². The molecule has 0 heterocycles. The number of aromatic hydroxyl groups is 1. The maximum atomic E-state index is 14.0. The SMILES string of the molecule is CCCCNC(=O)C(c1ccccc1O)N(CCCC)C(=O)C(NC(=O)OC(C)(C)C)C(C)CC. The number of benzene rings is 1. The van der Waals surface area contributed by atoms with E-state index in [-0.39, 0.29) is 23.5 Å². The van der Waals surface area contributed by atoms with E-state index in [0.717, 1.165) is 19.3 Å². The summed E-state index contributed by atoms with van der Waals surface area (Å²) in [4.78, 5) is 41.5. The largest absolute Gasteiger partial charge is 0.508 e. The number of rotatable bonds is 13. The van der Waals surface area contributed by atoms with Gasteiger partial charge in [-0.05, 0) is 45.6 Å². The number of ether oxygens (including phenoxy) is 1. The lowest BCUT2D eigenvalue weighted by Crippen LogP contribution is -2.55. The first kappa shape index (κ1) is 30.3. The fraction of sp³-hybridized carbons (Fsp3) is 0.667. The molecule has 0 saturated heterocycles. The third-order valence-corrected chi connectivity index (χ3v) is 5.81. The van der Waals surface area contributed by atoms with Crippen molar-refractivity contribution in [3.05, 3.63) is 29.8 Å². The van der Waals surface area contributed by atoms with E-state index >= 15 is 0 Å².